The van der Waals surface area contributed by atoms with Crippen molar-refractivity contribution >= 4 is 5.97 Å². The fourth-order valence-corrected chi connectivity index (χ4v) is 1.10. The molecular weight excluding hydrogens is 156 g/mol. The summed E-state index contributed by atoms with van der Waals surface area (Å²) in [5.74, 6) is -0.853. The van der Waals surface area contributed by atoms with Gasteiger partial charge in [0.25, 0.3) is 0 Å². The van der Waals surface area contributed by atoms with Crippen LogP contribution in [0.1, 0.15) is 39.0 Å². The number of ether oxygens (including phenoxy) is 1. The number of methoxy groups -OCH3 is 1. The zero-order valence-electron chi connectivity index (χ0n) is 7.88. The van der Waals surface area contributed by atoms with Gasteiger partial charge in [0, 0.05) is 7.11 Å². The molecule has 1 unspecified atom stereocenters. The molecule has 0 bridgehead atoms. The minimum atomic E-state index is -0.853. The largest absolute Gasteiger partial charge is 0.479 e. The second-order valence-corrected chi connectivity index (χ2v) is 2.91. The molecule has 0 aliphatic rings. The van der Waals surface area contributed by atoms with E-state index in [1.54, 1.807) is 0 Å². The lowest BCUT2D eigenvalue weighted by Gasteiger charge is -2.08. The Labute approximate surface area is 73.7 Å². The predicted molar refractivity (Wildman–Crippen MR) is 47.2 cm³/mol. The zero-order chi connectivity index (χ0) is 9.40. The van der Waals surface area contributed by atoms with Crippen molar-refractivity contribution in [1.82, 2.24) is 0 Å². The van der Waals surface area contributed by atoms with Crippen LogP contribution < -0.4 is 0 Å². The topological polar surface area (TPSA) is 46.5 Å². The summed E-state index contributed by atoms with van der Waals surface area (Å²) in [6.45, 7) is 2.13. The molecule has 0 fully saturated rings. The minimum Gasteiger partial charge on any atom is -0.479 e. The van der Waals surface area contributed by atoms with Gasteiger partial charge in [-0.3, -0.25) is 0 Å². The van der Waals surface area contributed by atoms with Crippen LogP contribution >= 0.6 is 0 Å². The van der Waals surface area contributed by atoms with Crippen molar-refractivity contribution in [2.75, 3.05) is 7.11 Å². The highest BCUT2D eigenvalue weighted by Crippen LogP contribution is 2.07. The quantitative estimate of drug-likeness (QED) is 0.601. The highest BCUT2D eigenvalue weighted by atomic mass is 16.5. The summed E-state index contributed by atoms with van der Waals surface area (Å²) in [5.41, 5.74) is 0. The van der Waals surface area contributed by atoms with E-state index in [-0.39, 0.29) is 0 Å². The molecule has 0 amide bonds. The van der Waals surface area contributed by atoms with Gasteiger partial charge in [0.2, 0.25) is 0 Å². The summed E-state index contributed by atoms with van der Waals surface area (Å²) in [7, 11) is 1.44. The lowest BCUT2D eigenvalue weighted by Crippen LogP contribution is -2.21. The Hall–Kier alpha value is -0.570. The fraction of sp³-hybridized carbons (Fsp3) is 0.889. The van der Waals surface area contributed by atoms with Crippen molar-refractivity contribution < 1.29 is 14.6 Å². The van der Waals surface area contributed by atoms with Crippen LogP contribution in [0.15, 0.2) is 0 Å². The number of hydrogen-bond donors (Lipinski definition) is 1. The van der Waals surface area contributed by atoms with Gasteiger partial charge in [-0.15, -0.1) is 0 Å². The normalized spacial score (nSPS) is 12.8. The SMILES string of the molecule is CCCCCCC(OC)C(=O)O. The van der Waals surface area contributed by atoms with Crippen LogP contribution in [0.5, 0.6) is 0 Å². The molecule has 12 heavy (non-hydrogen) atoms. The molecule has 3 nitrogen and oxygen atoms in total. The Morgan fingerprint density at radius 1 is 1.42 bits per heavy atom. The third kappa shape index (κ3) is 5.13. The third-order valence-electron chi connectivity index (χ3n) is 1.88. The first-order chi connectivity index (χ1) is 5.72. The molecule has 72 valence electrons. The molecule has 0 rings (SSSR count). The first-order valence-electron chi connectivity index (χ1n) is 4.48. The van der Waals surface area contributed by atoms with Gasteiger partial charge in [-0.2, -0.15) is 0 Å². The van der Waals surface area contributed by atoms with Crippen LogP contribution in [0.3, 0.4) is 0 Å². The number of carboxylic acids is 1. The Morgan fingerprint density at radius 3 is 2.50 bits per heavy atom. The lowest BCUT2D eigenvalue weighted by atomic mass is 10.1. The van der Waals surface area contributed by atoms with E-state index in [0.717, 1.165) is 12.8 Å². The van der Waals surface area contributed by atoms with E-state index in [0.29, 0.717) is 6.42 Å². The molecule has 0 aromatic heterocycles. The van der Waals surface area contributed by atoms with Gasteiger partial charge in [-0.25, -0.2) is 4.79 Å². The monoisotopic (exact) mass is 174 g/mol. The number of carbonyl (C=O) groups is 1. The number of aliphatic carboxylic acids is 1. The van der Waals surface area contributed by atoms with Crippen LogP contribution in [0, 0.1) is 0 Å². The Bertz CT molecular complexity index is 123. The smallest absolute Gasteiger partial charge is 0.332 e. The van der Waals surface area contributed by atoms with Gasteiger partial charge >= 0.3 is 5.97 Å². The Balaban J connectivity index is 3.38. The van der Waals surface area contributed by atoms with Gasteiger partial charge < -0.3 is 9.84 Å². The van der Waals surface area contributed by atoms with Gasteiger partial charge in [0.15, 0.2) is 6.10 Å². The van der Waals surface area contributed by atoms with E-state index in [1.165, 1.54) is 20.0 Å². The lowest BCUT2D eigenvalue weighted by molar-refractivity contribution is -0.148. The molecule has 0 radical (unpaired) electrons. The number of hydrogen-bond acceptors (Lipinski definition) is 2. The molecule has 0 spiro atoms. The van der Waals surface area contributed by atoms with Crippen molar-refractivity contribution in [2.24, 2.45) is 0 Å². The summed E-state index contributed by atoms with van der Waals surface area (Å²) in [6, 6.07) is 0. The van der Waals surface area contributed by atoms with E-state index in [4.69, 9.17) is 9.84 Å². The first-order valence-corrected chi connectivity index (χ1v) is 4.48. The molecular formula is C9H18O3. The van der Waals surface area contributed by atoms with Crippen LogP contribution in [-0.4, -0.2) is 24.3 Å². The first kappa shape index (κ1) is 11.4. The highest BCUT2D eigenvalue weighted by molar-refractivity contribution is 5.72. The number of rotatable bonds is 7. The Morgan fingerprint density at radius 2 is 2.08 bits per heavy atom. The van der Waals surface area contributed by atoms with Crippen molar-refractivity contribution in [2.45, 2.75) is 45.1 Å². The molecule has 0 aromatic carbocycles. The maximum atomic E-state index is 10.5. The summed E-state index contributed by atoms with van der Waals surface area (Å²) in [6.07, 6.45) is 4.41. The van der Waals surface area contributed by atoms with Crippen molar-refractivity contribution in [3.05, 3.63) is 0 Å². The van der Waals surface area contributed by atoms with E-state index < -0.39 is 12.1 Å². The van der Waals surface area contributed by atoms with Crippen LogP contribution in [0.4, 0.5) is 0 Å². The number of carboxylic acid groups (broad SMARTS) is 1. The summed E-state index contributed by atoms with van der Waals surface area (Å²) < 4.78 is 4.79. The van der Waals surface area contributed by atoms with Crippen LogP contribution in [0.25, 0.3) is 0 Å². The minimum absolute atomic E-state index is 0.609. The highest BCUT2D eigenvalue weighted by Gasteiger charge is 2.14. The predicted octanol–water partition coefficient (Wildman–Crippen LogP) is 2.06. The third-order valence-corrected chi connectivity index (χ3v) is 1.88. The molecule has 0 saturated heterocycles. The van der Waals surface area contributed by atoms with E-state index in [2.05, 4.69) is 6.92 Å². The standard InChI is InChI=1S/C9H18O3/c1-3-4-5-6-7-8(12-2)9(10)11/h8H,3-7H2,1-2H3,(H,10,11). The summed E-state index contributed by atoms with van der Waals surface area (Å²) >= 11 is 0. The summed E-state index contributed by atoms with van der Waals surface area (Å²) in [5, 5.41) is 8.60. The molecule has 0 aromatic rings. The van der Waals surface area contributed by atoms with Crippen LogP contribution in [0.2, 0.25) is 0 Å². The number of unbranched alkanes of at least 4 members (excludes halogenated alkanes) is 3. The second-order valence-electron chi connectivity index (χ2n) is 2.91. The Kier molecular flexibility index (Phi) is 6.76. The molecule has 1 N–H and O–H groups in total. The maximum Gasteiger partial charge on any atom is 0.332 e. The fourth-order valence-electron chi connectivity index (χ4n) is 1.10. The molecule has 3 heteroatoms. The average Bonchev–Trinajstić information content (AvgIpc) is 2.04. The van der Waals surface area contributed by atoms with E-state index in [9.17, 15) is 4.79 Å². The molecule has 0 heterocycles. The second kappa shape index (κ2) is 7.10. The van der Waals surface area contributed by atoms with Crippen molar-refractivity contribution in [1.29, 1.82) is 0 Å². The van der Waals surface area contributed by atoms with Crippen molar-refractivity contribution in [3.63, 3.8) is 0 Å². The summed E-state index contributed by atoms with van der Waals surface area (Å²) in [4.78, 5) is 10.5. The molecule has 1 atom stereocenters. The van der Waals surface area contributed by atoms with Gasteiger partial charge in [-0.05, 0) is 6.42 Å². The van der Waals surface area contributed by atoms with Crippen molar-refractivity contribution in [3.8, 4) is 0 Å². The average molecular weight is 174 g/mol. The van der Waals surface area contributed by atoms with Gasteiger partial charge in [0.05, 0.1) is 0 Å². The molecule has 0 aliphatic heterocycles. The van der Waals surface area contributed by atoms with E-state index >= 15 is 0 Å². The van der Waals surface area contributed by atoms with Gasteiger partial charge in [0.1, 0.15) is 0 Å². The maximum absolute atomic E-state index is 10.5. The van der Waals surface area contributed by atoms with Crippen LogP contribution in [-0.2, 0) is 9.53 Å². The molecule has 0 saturated carbocycles. The molecule has 0 aliphatic carbocycles. The van der Waals surface area contributed by atoms with Gasteiger partial charge in [-0.1, -0.05) is 32.6 Å². The van der Waals surface area contributed by atoms with E-state index in [1.807, 2.05) is 0 Å². The zero-order valence-corrected chi connectivity index (χ0v) is 7.88.